The van der Waals surface area contributed by atoms with Crippen molar-refractivity contribution in [2.24, 2.45) is 5.92 Å². The predicted octanol–water partition coefficient (Wildman–Crippen LogP) is 0.711. The molecular weight excluding hydrogens is 210 g/mol. The van der Waals surface area contributed by atoms with Gasteiger partial charge in [-0.15, -0.1) is 5.10 Å². The number of nitrogens with zero attached hydrogens (tertiary/aromatic N) is 3. The molecule has 1 aromatic heterocycles. The molecule has 0 saturated carbocycles. The maximum Gasteiger partial charge on any atom is 0.358 e. The molecule has 1 aromatic rings. The average molecular weight is 225 g/mol. The molecule has 0 aliphatic carbocycles. The second kappa shape index (κ2) is 4.61. The minimum Gasteiger partial charge on any atom is -0.476 e. The molecule has 0 unspecified atom stereocenters. The first-order valence-corrected chi connectivity index (χ1v) is 5.39. The van der Waals surface area contributed by atoms with Gasteiger partial charge in [0.05, 0.1) is 5.69 Å². The van der Waals surface area contributed by atoms with Gasteiger partial charge < -0.3 is 9.84 Å². The summed E-state index contributed by atoms with van der Waals surface area (Å²) in [6, 6.07) is 0. The van der Waals surface area contributed by atoms with Crippen LogP contribution in [0, 0.1) is 12.8 Å². The highest BCUT2D eigenvalue weighted by Gasteiger charge is 2.19. The first-order chi connectivity index (χ1) is 7.68. The molecule has 0 aromatic carbocycles. The average Bonchev–Trinajstić information content (AvgIpc) is 2.62. The summed E-state index contributed by atoms with van der Waals surface area (Å²) in [6.07, 6.45) is 2.00. The highest BCUT2D eigenvalue weighted by Crippen LogP contribution is 2.17. The van der Waals surface area contributed by atoms with E-state index in [1.807, 2.05) is 0 Å². The predicted molar refractivity (Wildman–Crippen MR) is 55.3 cm³/mol. The lowest BCUT2D eigenvalue weighted by molar-refractivity contribution is 0.0597. The van der Waals surface area contributed by atoms with Crippen LogP contribution in [0.1, 0.15) is 29.0 Å². The lowest BCUT2D eigenvalue weighted by Crippen LogP contribution is -2.21. The van der Waals surface area contributed by atoms with Crippen LogP contribution in [0.25, 0.3) is 0 Å². The van der Waals surface area contributed by atoms with E-state index in [0.29, 0.717) is 11.6 Å². The quantitative estimate of drug-likeness (QED) is 0.819. The molecule has 1 aliphatic heterocycles. The van der Waals surface area contributed by atoms with Gasteiger partial charge in [0.15, 0.2) is 5.69 Å². The molecule has 0 spiro atoms. The van der Waals surface area contributed by atoms with Crippen LogP contribution in [-0.2, 0) is 11.3 Å². The minimum atomic E-state index is -1.02. The van der Waals surface area contributed by atoms with E-state index in [-0.39, 0.29) is 5.69 Å². The van der Waals surface area contributed by atoms with Crippen LogP contribution in [-0.4, -0.2) is 39.3 Å². The Morgan fingerprint density at radius 3 is 2.81 bits per heavy atom. The van der Waals surface area contributed by atoms with Crippen LogP contribution in [0.4, 0.5) is 0 Å². The largest absolute Gasteiger partial charge is 0.476 e. The zero-order chi connectivity index (χ0) is 11.5. The number of aromatic carboxylic acids is 1. The van der Waals surface area contributed by atoms with Crippen molar-refractivity contribution in [1.29, 1.82) is 0 Å². The van der Waals surface area contributed by atoms with Crippen molar-refractivity contribution in [3.05, 3.63) is 11.4 Å². The van der Waals surface area contributed by atoms with Gasteiger partial charge in [-0.2, -0.15) is 0 Å². The Labute approximate surface area is 93.2 Å². The van der Waals surface area contributed by atoms with Crippen LogP contribution in [0.3, 0.4) is 0 Å². The van der Waals surface area contributed by atoms with Gasteiger partial charge in [0.1, 0.15) is 0 Å². The van der Waals surface area contributed by atoms with Gasteiger partial charge in [0.2, 0.25) is 0 Å². The van der Waals surface area contributed by atoms with Crippen LogP contribution in [0.2, 0.25) is 0 Å². The smallest absolute Gasteiger partial charge is 0.358 e. The molecule has 1 saturated heterocycles. The zero-order valence-corrected chi connectivity index (χ0v) is 9.22. The lowest BCUT2D eigenvalue weighted by atomic mass is 10.0. The molecule has 16 heavy (non-hydrogen) atoms. The van der Waals surface area contributed by atoms with Crippen molar-refractivity contribution in [2.75, 3.05) is 13.2 Å². The Kier molecular flexibility index (Phi) is 3.19. The molecule has 6 heteroatoms. The molecule has 2 rings (SSSR count). The third-order valence-corrected chi connectivity index (χ3v) is 2.96. The van der Waals surface area contributed by atoms with Crippen molar-refractivity contribution in [3.63, 3.8) is 0 Å². The molecule has 88 valence electrons. The van der Waals surface area contributed by atoms with E-state index in [1.54, 1.807) is 11.6 Å². The normalized spacial score (nSPS) is 17.6. The molecular formula is C10H15N3O3. The molecule has 0 radical (unpaired) electrons. The summed E-state index contributed by atoms with van der Waals surface area (Å²) in [6.45, 7) is 4.03. The number of carboxylic acid groups (broad SMARTS) is 1. The lowest BCUT2D eigenvalue weighted by Gasteiger charge is -2.21. The summed E-state index contributed by atoms with van der Waals surface area (Å²) in [4.78, 5) is 10.8. The highest BCUT2D eigenvalue weighted by atomic mass is 16.5. The summed E-state index contributed by atoms with van der Waals surface area (Å²) in [5, 5.41) is 16.4. The van der Waals surface area contributed by atoms with Gasteiger partial charge >= 0.3 is 5.97 Å². The standard InChI is InChI=1S/C10H15N3O3/c1-7-9(10(14)15)11-12-13(7)6-8-2-4-16-5-3-8/h8H,2-6H2,1H3,(H,14,15). The zero-order valence-electron chi connectivity index (χ0n) is 9.22. The van der Waals surface area contributed by atoms with Crippen LogP contribution in [0.15, 0.2) is 0 Å². The molecule has 1 N–H and O–H groups in total. The van der Waals surface area contributed by atoms with Gasteiger partial charge in [-0.25, -0.2) is 9.48 Å². The highest BCUT2D eigenvalue weighted by molar-refractivity contribution is 5.86. The van der Waals surface area contributed by atoms with E-state index in [4.69, 9.17) is 9.84 Å². The fourth-order valence-corrected chi connectivity index (χ4v) is 1.90. The van der Waals surface area contributed by atoms with E-state index in [2.05, 4.69) is 10.3 Å². The Hall–Kier alpha value is -1.43. The fourth-order valence-electron chi connectivity index (χ4n) is 1.90. The topological polar surface area (TPSA) is 77.2 Å². The van der Waals surface area contributed by atoms with Crippen LogP contribution >= 0.6 is 0 Å². The monoisotopic (exact) mass is 225 g/mol. The number of hydrogen-bond donors (Lipinski definition) is 1. The van der Waals surface area contributed by atoms with E-state index >= 15 is 0 Å². The van der Waals surface area contributed by atoms with Crippen molar-refractivity contribution in [3.8, 4) is 0 Å². The van der Waals surface area contributed by atoms with Crippen molar-refractivity contribution in [1.82, 2.24) is 15.0 Å². The van der Waals surface area contributed by atoms with Gasteiger partial charge in [-0.05, 0) is 25.7 Å². The summed E-state index contributed by atoms with van der Waals surface area (Å²) in [5.41, 5.74) is 0.672. The molecule has 0 atom stereocenters. The van der Waals surface area contributed by atoms with Crippen LogP contribution in [0.5, 0.6) is 0 Å². The third-order valence-electron chi connectivity index (χ3n) is 2.96. The number of hydrogen-bond acceptors (Lipinski definition) is 4. The van der Waals surface area contributed by atoms with Crippen molar-refractivity contribution in [2.45, 2.75) is 26.3 Å². The van der Waals surface area contributed by atoms with Crippen molar-refractivity contribution < 1.29 is 14.6 Å². The third kappa shape index (κ3) is 2.21. The Morgan fingerprint density at radius 2 is 2.25 bits per heavy atom. The van der Waals surface area contributed by atoms with Gasteiger partial charge in [0, 0.05) is 19.8 Å². The molecule has 0 bridgehead atoms. The molecule has 1 aliphatic rings. The molecule has 1 fully saturated rings. The number of carboxylic acids is 1. The van der Waals surface area contributed by atoms with Gasteiger partial charge in [0.25, 0.3) is 0 Å². The maximum absolute atomic E-state index is 10.8. The summed E-state index contributed by atoms with van der Waals surface area (Å²) in [7, 11) is 0. The summed E-state index contributed by atoms with van der Waals surface area (Å²) < 4.78 is 6.95. The van der Waals surface area contributed by atoms with E-state index < -0.39 is 5.97 Å². The number of carbonyl (C=O) groups is 1. The van der Waals surface area contributed by atoms with E-state index in [9.17, 15) is 4.79 Å². The van der Waals surface area contributed by atoms with Crippen LogP contribution < -0.4 is 0 Å². The number of ether oxygens (including phenoxy) is 1. The Balaban J connectivity index is 2.06. The molecule has 2 heterocycles. The fraction of sp³-hybridized carbons (Fsp3) is 0.700. The van der Waals surface area contributed by atoms with Crippen molar-refractivity contribution >= 4 is 5.97 Å². The first kappa shape index (κ1) is 11.1. The number of rotatable bonds is 3. The molecule has 6 nitrogen and oxygen atoms in total. The second-order valence-electron chi connectivity index (χ2n) is 4.07. The number of aromatic nitrogens is 3. The maximum atomic E-state index is 10.8. The second-order valence-corrected chi connectivity index (χ2v) is 4.07. The Morgan fingerprint density at radius 1 is 1.56 bits per heavy atom. The Bertz CT molecular complexity index is 383. The van der Waals surface area contributed by atoms with Gasteiger partial charge in [-0.1, -0.05) is 5.21 Å². The summed E-state index contributed by atoms with van der Waals surface area (Å²) in [5.74, 6) is -0.508. The van der Waals surface area contributed by atoms with Gasteiger partial charge in [-0.3, -0.25) is 0 Å². The summed E-state index contributed by atoms with van der Waals surface area (Å²) >= 11 is 0. The SMILES string of the molecule is Cc1c(C(=O)O)nnn1CC1CCOCC1. The van der Waals surface area contributed by atoms with E-state index in [0.717, 1.165) is 32.6 Å². The minimum absolute atomic E-state index is 0.0482. The molecule has 0 amide bonds. The van der Waals surface area contributed by atoms with E-state index in [1.165, 1.54) is 0 Å². The first-order valence-electron chi connectivity index (χ1n) is 5.39.